The van der Waals surface area contributed by atoms with Crippen molar-refractivity contribution in [2.75, 3.05) is 0 Å². The van der Waals surface area contributed by atoms with E-state index in [1.54, 1.807) is 6.92 Å². The maximum absolute atomic E-state index is 11.5. The van der Waals surface area contributed by atoms with E-state index in [0.717, 1.165) is 11.1 Å². The predicted molar refractivity (Wildman–Crippen MR) is 68.3 cm³/mol. The summed E-state index contributed by atoms with van der Waals surface area (Å²) in [5.74, 6) is -1.02. The molecule has 0 heterocycles. The van der Waals surface area contributed by atoms with E-state index >= 15 is 0 Å². The molecular weight excluding hydrogens is 232 g/mol. The summed E-state index contributed by atoms with van der Waals surface area (Å²) in [4.78, 5) is 22.3. The number of urea groups is 1. The molecule has 0 unspecified atom stereocenters. The molecule has 0 aliphatic rings. The van der Waals surface area contributed by atoms with Gasteiger partial charge in [0.25, 0.3) is 0 Å². The van der Waals surface area contributed by atoms with Gasteiger partial charge in [0, 0.05) is 6.54 Å². The van der Waals surface area contributed by atoms with Crippen LogP contribution in [0.15, 0.2) is 24.3 Å². The van der Waals surface area contributed by atoms with Gasteiger partial charge in [-0.1, -0.05) is 31.2 Å². The third-order valence-corrected chi connectivity index (χ3v) is 2.71. The number of nitrogens with one attached hydrogen (secondary N) is 2. The van der Waals surface area contributed by atoms with Gasteiger partial charge in [-0.3, -0.25) is 0 Å². The Morgan fingerprint density at radius 3 is 2.56 bits per heavy atom. The number of carbonyl (C=O) groups is 2. The zero-order chi connectivity index (χ0) is 13.5. The molecule has 1 aromatic carbocycles. The van der Waals surface area contributed by atoms with E-state index in [2.05, 4.69) is 10.6 Å². The number of carboxylic acid groups (broad SMARTS) is 1. The monoisotopic (exact) mass is 250 g/mol. The van der Waals surface area contributed by atoms with Gasteiger partial charge in [-0.15, -0.1) is 0 Å². The smallest absolute Gasteiger partial charge is 0.326 e. The average molecular weight is 250 g/mol. The van der Waals surface area contributed by atoms with Crippen LogP contribution in [0.5, 0.6) is 0 Å². The van der Waals surface area contributed by atoms with E-state index in [9.17, 15) is 9.59 Å². The molecule has 18 heavy (non-hydrogen) atoms. The number of carbonyl (C=O) groups excluding carboxylic acids is 1. The zero-order valence-electron chi connectivity index (χ0n) is 10.6. The van der Waals surface area contributed by atoms with Gasteiger partial charge in [-0.2, -0.15) is 0 Å². The van der Waals surface area contributed by atoms with Crippen molar-refractivity contribution in [2.24, 2.45) is 0 Å². The zero-order valence-corrected chi connectivity index (χ0v) is 10.6. The largest absolute Gasteiger partial charge is 0.480 e. The second-order valence-electron chi connectivity index (χ2n) is 4.05. The SMILES string of the molecule is CC[C@H](NC(=O)NCc1ccccc1C)C(=O)O. The Morgan fingerprint density at radius 2 is 2.00 bits per heavy atom. The molecule has 0 fully saturated rings. The molecule has 0 radical (unpaired) electrons. The summed E-state index contributed by atoms with van der Waals surface area (Å²) in [6.07, 6.45) is 0.354. The fourth-order valence-electron chi connectivity index (χ4n) is 1.53. The number of aliphatic carboxylic acids is 1. The summed E-state index contributed by atoms with van der Waals surface area (Å²) in [6.45, 7) is 4.05. The first kappa shape index (κ1) is 14.0. The van der Waals surface area contributed by atoms with Gasteiger partial charge in [0.15, 0.2) is 0 Å². The third-order valence-electron chi connectivity index (χ3n) is 2.71. The number of rotatable bonds is 5. The Balaban J connectivity index is 2.47. The van der Waals surface area contributed by atoms with Gasteiger partial charge in [-0.05, 0) is 24.5 Å². The molecular formula is C13H18N2O3. The number of amides is 2. The molecule has 0 aromatic heterocycles. The van der Waals surface area contributed by atoms with Crippen molar-refractivity contribution in [2.45, 2.75) is 32.9 Å². The van der Waals surface area contributed by atoms with Crippen molar-refractivity contribution < 1.29 is 14.7 Å². The molecule has 1 rings (SSSR count). The molecule has 5 heteroatoms. The van der Waals surface area contributed by atoms with Crippen LogP contribution in [-0.2, 0) is 11.3 Å². The van der Waals surface area contributed by atoms with Crippen LogP contribution in [0.1, 0.15) is 24.5 Å². The van der Waals surface area contributed by atoms with E-state index < -0.39 is 18.0 Å². The van der Waals surface area contributed by atoms with E-state index in [0.29, 0.717) is 13.0 Å². The van der Waals surface area contributed by atoms with E-state index in [4.69, 9.17) is 5.11 Å². The summed E-state index contributed by atoms with van der Waals surface area (Å²) in [5.41, 5.74) is 2.10. The summed E-state index contributed by atoms with van der Waals surface area (Å²) in [5, 5.41) is 13.9. The van der Waals surface area contributed by atoms with Crippen molar-refractivity contribution >= 4 is 12.0 Å². The van der Waals surface area contributed by atoms with Crippen LogP contribution < -0.4 is 10.6 Å². The van der Waals surface area contributed by atoms with Crippen LogP contribution >= 0.6 is 0 Å². The minimum Gasteiger partial charge on any atom is -0.480 e. The Hall–Kier alpha value is -2.04. The van der Waals surface area contributed by atoms with Crippen LogP contribution in [0, 0.1) is 6.92 Å². The highest BCUT2D eigenvalue weighted by Gasteiger charge is 2.16. The maximum Gasteiger partial charge on any atom is 0.326 e. The van der Waals surface area contributed by atoms with Crippen LogP contribution in [0.2, 0.25) is 0 Å². The summed E-state index contributed by atoms with van der Waals surface area (Å²) in [7, 11) is 0. The normalized spacial score (nSPS) is 11.7. The fraction of sp³-hybridized carbons (Fsp3) is 0.385. The quantitative estimate of drug-likeness (QED) is 0.743. The van der Waals surface area contributed by atoms with Gasteiger partial charge in [-0.25, -0.2) is 9.59 Å². The Kier molecular flexibility index (Phi) is 5.17. The lowest BCUT2D eigenvalue weighted by atomic mass is 10.1. The van der Waals surface area contributed by atoms with Crippen molar-refractivity contribution in [3.05, 3.63) is 35.4 Å². The molecule has 1 atom stereocenters. The minimum absolute atomic E-state index is 0.354. The number of hydrogen-bond donors (Lipinski definition) is 3. The van der Waals surface area contributed by atoms with E-state index in [1.807, 2.05) is 31.2 Å². The first-order chi connectivity index (χ1) is 8.54. The van der Waals surface area contributed by atoms with Crippen LogP contribution in [0.25, 0.3) is 0 Å². The first-order valence-corrected chi connectivity index (χ1v) is 5.86. The molecule has 0 aliphatic heterocycles. The Labute approximate surface area is 106 Å². The second-order valence-corrected chi connectivity index (χ2v) is 4.05. The number of hydrogen-bond acceptors (Lipinski definition) is 2. The molecule has 0 aliphatic carbocycles. The fourth-order valence-corrected chi connectivity index (χ4v) is 1.53. The minimum atomic E-state index is -1.02. The highest BCUT2D eigenvalue weighted by Crippen LogP contribution is 2.05. The molecule has 3 N–H and O–H groups in total. The molecule has 0 saturated heterocycles. The van der Waals surface area contributed by atoms with Gasteiger partial charge in [0.2, 0.25) is 0 Å². The number of benzene rings is 1. The lowest BCUT2D eigenvalue weighted by Gasteiger charge is -2.13. The predicted octanol–water partition coefficient (Wildman–Crippen LogP) is 1.66. The molecule has 0 saturated carbocycles. The van der Waals surface area contributed by atoms with Crippen molar-refractivity contribution in [1.29, 1.82) is 0 Å². The standard InChI is InChI=1S/C13H18N2O3/c1-3-11(12(16)17)15-13(18)14-8-10-7-5-4-6-9(10)2/h4-7,11H,3,8H2,1-2H3,(H,16,17)(H2,14,15,18)/t11-/m0/s1. The highest BCUT2D eigenvalue weighted by atomic mass is 16.4. The lowest BCUT2D eigenvalue weighted by Crippen LogP contribution is -2.45. The molecule has 0 bridgehead atoms. The van der Waals surface area contributed by atoms with Crippen LogP contribution in [-0.4, -0.2) is 23.1 Å². The van der Waals surface area contributed by atoms with E-state index in [1.165, 1.54) is 0 Å². The third kappa shape index (κ3) is 4.08. The lowest BCUT2D eigenvalue weighted by molar-refractivity contribution is -0.139. The van der Waals surface area contributed by atoms with Gasteiger partial charge >= 0.3 is 12.0 Å². The highest BCUT2D eigenvalue weighted by molar-refractivity contribution is 5.82. The average Bonchev–Trinajstić information content (AvgIpc) is 2.34. The van der Waals surface area contributed by atoms with Crippen LogP contribution in [0.4, 0.5) is 4.79 Å². The Bertz CT molecular complexity index is 432. The summed E-state index contributed by atoms with van der Waals surface area (Å²) in [6, 6.07) is 6.39. The van der Waals surface area contributed by atoms with Crippen molar-refractivity contribution in [1.82, 2.24) is 10.6 Å². The second kappa shape index (κ2) is 6.64. The summed E-state index contributed by atoms with van der Waals surface area (Å²) >= 11 is 0. The Morgan fingerprint density at radius 1 is 1.33 bits per heavy atom. The van der Waals surface area contributed by atoms with Crippen LogP contribution in [0.3, 0.4) is 0 Å². The molecule has 98 valence electrons. The number of carboxylic acids is 1. The maximum atomic E-state index is 11.5. The summed E-state index contributed by atoms with van der Waals surface area (Å²) < 4.78 is 0. The molecule has 5 nitrogen and oxygen atoms in total. The first-order valence-electron chi connectivity index (χ1n) is 5.86. The van der Waals surface area contributed by atoms with E-state index in [-0.39, 0.29) is 0 Å². The van der Waals surface area contributed by atoms with Crippen molar-refractivity contribution in [3.8, 4) is 0 Å². The van der Waals surface area contributed by atoms with Gasteiger partial charge in [0.1, 0.15) is 6.04 Å². The van der Waals surface area contributed by atoms with Crippen molar-refractivity contribution in [3.63, 3.8) is 0 Å². The molecule has 0 spiro atoms. The molecule has 2 amide bonds. The molecule has 1 aromatic rings. The van der Waals surface area contributed by atoms with Gasteiger partial charge in [0.05, 0.1) is 0 Å². The van der Waals surface area contributed by atoms with Gasteiger partial charge < -0.3 is 15.7 Å². The number of aryl methyl sites for hydroxylation is 1. The topological polar surface area (TPSA) is 78.4 Å².